The Balaban J connectivity index is 1.82. The molecule has 0 unspecified atom stereocenters. The molecule has 150 valence electrons. The fraction of sp³-hybridized carbons (Fsp3) is 0.435. The van der Waals surface area contributed by atoms with Crippen LogP contribution in [0.25, 0.3) is 0 Å². The Morgan fingerprint density at radius 2 is 1.79 bits per heavy atom. The van der Waals surface area contributed by atoms with Crippen LogP contribution in [0.3, 0.4) is 0 Å². The summed E-state index contributed by atoms with van der Waals surface area (Å²) in [6.45, 7) is 4.61. The maximum Gasteiger partial charge on any atom is 0.227 e. The smallest absolute Gasteiger partial charge is 0.227 e. The highest BCUT2D eigenvalue weighted by Gasteiger charge is 2.26. The molecule has 0 aliphatic carbocycles. The quantitative estimate of drug-likeness (QED) is 0.798. The molecule has 1 fully saturated rings. The third kappa shape index (κ3) is 5.04. The van der Waals surface area contributed by atoms with E-state index >= 15 is 0 Å². The summed E-state index contributed by atoms with van der Waals surface area (Å²) in [4.78, 5) is 15.4. The largest absolute Gasteiger partial charge is 0.497 e. The number of carbonyl (C=O) groups is 1. The fourth-order valence-corrected chi connectivity index (χ4v) is 3.71. The summed E-state index contributed by atoms with van der Waals surface area (Å²) in [6.07, 6.45) is 2.26. The van der Waals surface area contributed by atoms with Crippen LogP contribution in [0.5, 0.6) is 11.5 Å². The number of methoxy groups -OCH3 is 2. The third-order valence-electron chi connectivity index (χ3n) is 5.37. The molecule has 5 nitrogen and oxygen atoms in total. The summed E-state index contributed by atoms with van der Waals surface area (Å²) in [7, 11) is 3.26. The highest BCUT2D eigenvalue weighted by molar-refractivity contribution is 5.80. The number of piperidine rings is 1. The van der Waals surface area contributed by atoms with Crippen molar-refractivity contribution >= 4 is 5.91 Å². The van der Waals surface area contributed by atoms with Gasteiger partial charge in [0.05, 0.1) is 20.6 Å². The number of nitrogens with zero attached hydrogens (tertiary/aromatic N) is 1. The van der Waals surface area contributed by atoms with E-state index in [1.165, 1.54) is 5.56 Å². The summed E-state index contributed by atoms with van der Waals surface area (Å²) in [5, 5.41) is 3.39. The first kappa shape index (κ1) is 20.2. The monoisotopic (exact) mass is 382 g/mol. The first-order valence-electron chi connectivity index (χ1n) is 9.87. The summed E-state index contributed by atoms with van der Waals surface area (Å²) >= 11 is 0. The van der Waals surface area contributed by atoms with Crippen LogP contribution in [-0.2, 0) is 17.8 Å². The minimum atomic E-state index is 0.124. The molecule has 0 aromatic heterocycles. The zero-order valence-electron chi connectivity index (χ0n) is 17.0. The van der Waals surface area contributed by atoms with Crippen molar-refractivity contribution in [3.05, 3.63) is 59.2 Å². The Kier molecular flexibility index (Phi) is 6.93. The maximum absolute atomic E-state index is 13.4. The van der Waals surface area contributed by atoms with Crippen LogP contribution in [0.2, 0.25) is 0 Å². The van der Waals surface area contributed by atoms with Crippen molar-refractivity contribution in [2.24, 2.45) is 0 Å². The highest BCUT2D eigenvalue weighted by atomic mass is 16.5. The number of amides is 1. The predicted octanol–water partition coefficient (Wildman–Crippen LogP) is 3.34. The molecule has 0 spiro atoms. The Hall–Kier alpha value is -2.53. The molecule has 1 N–H and O–H groups in total. The van der Waals surface area contributed by atoms with Crippen molar-refractivity contribution in [1.29, 1.82) is 0 Å². The second kappa shape index (κ2) is 9.60. The van der Waals surface area contributed by atoms with E-state index in [1.807, 2.05) is 23.1 Å². The first-order valence-corrected chi connectivity index (χ1v) is 9.87. The Labute approximate surface area is 167 Å². The number of nitrogens with one attached hydrogen (secondary N) is 1. The van der Waals surface area contributed by atoms with Crippen LogP contribution in [0.15, 0.2) is 42.5 Å². The molecule has 3 rings (SSSR count). The number of rotatable bonds is 7. The zero-order valence-corrected chi connectivity index (χ0v) is 17.0. The number of hydrogen-bond donors (Lipinski definition) is 1. The van der Waals surface area contributed by atoms with E-state index in [-0.39, 0.29) is 11.9 Å². The van der Waals surface area contributed by atoms with Gasteiger partial charge in [0.15, 0.2) is 0 Å². The van der Waals surface area contributed by atoms with Gasteiger partial charge in [-0.1, -0.05) is 29.8 Å². The SMILES string of the molecule is COc1ccc(OC)c(CC(=O)N(Cc2ccc(C)cc2)C2CCNCC2)c1. The van der Waals surface area contributed by atoms with Crippen LogP contribution in [-0.4, -0.2) is 44.2 Å². The van der Waals surface area contributed by atoms with E-state index in [0.717, 1.165) is 48.6 Å². The zero-order chi connectivity index (χ0) is 19.9. The van der Waals surface area contributed by atoms with Gasteiger partial charge < -0.3 is 19.7 Å². The molecule has 1 aliphatic rings. The minimum Gasteiger partial charge on any atom is -0.497 e. The lowest BCUT2D eigenvalue weighted by molar-refractivity contribution is -0.134. The van der Waals surface area contributed by atoms with Crippen molar-refractivity contribution < 1.29 is 14.3 Å². The lowest BCUT2D eigenvalue weighted by atomic mass is 10.0. The van der Waals surface area contributed by atoms with Gasteiger partial charge in [-0.25, -0.2) is 0 Å². The number of benzene rings is 2. The molecule has 0 atom stereocenters. The molecular formula is C23H30N2O3. The standard InChI is InChI=1S/C23H30N2O3/c1-17-4-6-18(7-5-17)16-25(20-10-12-24-13-11-20)23(26)15-19-14-21(27-2)8-9-22(19)28-3/h4-9,14,20,24H,10-13,15-16H2,1-3H3. The van der Waals surface area contributed by atoms with Crippen molar-refractivity contribution in [2.75, 3.05) is 27.3 Å². The average molecular weight is 383 g/mol. The second-order valence-corrected chi connectivity index (χ2v) is 7.34. The summed E-state index contributed by atoms with van der Waals surface area (Å²) in [5.74, 6) is 1.57. The Morgan fingerprint density at radius 1 is 1.07 bits per heavy atom. The lowest BCUT2D eigenvalue weighted by Crippen LogP contribution is -2.46. The van der Waals surface area contributed by atoms with Gasteiger partial charge in [-0.15, -0.1) is 0 Å². The second-order valence-electron chi connectivity index (χ2n) is 7.34. The van der Waals surface area contributed by atoms with Gasteiger partial charge in [0.25, 0.3) is 0 Å². The summed E-state index contributed by atoms with van der Waals surface area (Å²) in [5.41, 5.74) is 3.24. The highest BCUT2D eigenvalue weighted by Crippen LogP contribution is 2.26. The number of ether oxygens (including phenoxy) is 2. The van der Waals surface area contributed by atoms with E-state index in [0.29, 0.717) is 13.0 Å². The van der Waals surface area contributed by atoms with E-state index in [9.17, 15) is 4.79 Å². The normalized spacial score (nSPS) is 14.5. The van der Waals surface area contributed by atoms with Gasteiger partial charge in [0, 0.05) is 18.2 Å². The van der Waals surface area contributed by atoms with Crippen LogP contribution in [0.4, 0.5) is 0 Å². The van der Waals surface area contributed by atoms with Gasteiger partial charge in [0.1, 0.15) is 11.5 Å². The molecule has 1 amide bonds. The molecule has 1 heterocycles. The van der Waals surface area contributed by atoms with E-state index in [1.54, 1.807) is 14.2 Å². The predicted molar refractivity (Wildman–Crippen MR) is 111 cm³/mol. The lowest BCUT2D eigenvalue weighted by Gasteiger charge is -2.35. The third-order valence-corrected chi connectivity index (χ3v) is 5.37. The molecule has 2 aromatic rings. The molecule has 0 saturated carbocycles. The van der Waals surface area contributed by atoms with Gasteiger partial charge in [-0.2, -0.15) is 0 Å². The minimum absolute atomic E-state index is 0.124. The molecule has 5 heteroatoms. The first-order chi connectivity index (χ1) is 13.6. The Morgan fingerprint density at radius 3 is 2.43 bits per heavy atom. The molecule has 1 saturated heterocycles. The van der Waals surface area contributed by atoms with Gasteiger partial charge in [0.2, 0.25) is 5.91 Å². The van der Waals surface area contributed by atoms with Crippen LogP contribution in [0.1, 0.15) is 29.5 Å². The van der Waals surface area contributed by atoms with Gasteiger partial charge in [-0.05, 0) is 56.6 Å². The van der Waals surface area contributed by atoms with Gasteiger partial charge in [-0.3, -0.25) is 4.79 Å². The molecule has 1 aliphatic heterocycles. The molecule has 2 aromatic carbocycles. The molecule has 28 heavy (non-hydrogen) atoms. The number of carbonyl (C=O) groups excluding carboxylic acids is 1. The van der Waals surface area contributed by atoms with Crippen molar-refractivity contribution in [3.8, 4) is 11.5 Å². The van der Waals surface area contributed by atoms with Crippen LogP contribution >= 0.6 is 0 Å². The molecule has 0 radical (unpaired) electrons. The van der Waals surface area contributed by atoms with Crippen LogP contribution in [0, 0.1) is 6.92 Å². The van der Waals surface area contributed by atoms with E-state index < -0.39 is 0 Å². The number of aryl methyl sites for hydroxylation is 1. The van der Waals surface area contributed by atoms with Crippen molar-refractivity contribution in [3.63, 3.8) is 0 Å². The topological polar surface area (TPSA) is 50.8 Å². The van der Waals surface area contributed by atoms with Crippen LogP contribution < -0.4 is 14.8 Å². The molecule has 0 bridgehead atoms. The fourth-order valence-electron chi connectivity index (χ4n) is 3.71. The van der Waals surface area contributed by atoms with E-state index in [2.05, 4.69) is 36.5 Å². The molecular weight excluding hydrogens is 352 g/mol. The Bertz CT molecular complexity index is 783. The average Bonchev–Trinajstić information content (AvgIpc) is 2.73. The van der Waals surface area contributed by atoms with Gasteiger partial charge >= 0.3 is 0 Å². The number of hydrogen-bond acceptors (Lipinski definition) is 4. The summed E-state index contributed by atoms with van der Waals surface area (Å²) in [6, 6.07) is 14.3. The summed E-state index contributed by atoms with van der Waals surface area (Å²) < 4.78 is 10.8. The van der Waals surface area contributed by atoms with Crippen molar-refractivity contribution in [1.82, 2.24) is 10.2 Å². The van der Waals surface area contributed by atoms with Crippen molar-refractivity contribution in [2.45, 2.75) is 38.8 Å². The van der Waals surface area contributed by atoms with E-state index in [4.69, 9.17) is 9.47 Å². The maximum atomic E-state index is 13.4.